The summed E-state index contributed by atoms with van der Waals surface area (Å²) in [6, 6.07) is 24.3. The average molecular weight is 530 g/mol. The smallest absolute Gasteiger partial charge is 0.416 e. The lowest BCUT2D eigenvalue weighted by Gasteiger charge is -2.13. The molecule has 5 aromatic rings. The molecule has 196 valence electrons. The summed E-state index contributed by atoms with van der Waals surface area (Å²) in [4.78, 5) is 24.6. The number of aromatic nitrogens is 2. The molecule has 0 spiro atoms. The Bertz CT molecular complexity index is 1660. The lowest BCUT2D eigenvalue weighted by molar-refractivity contribution is -0.137. The summed E-state index contributed by atoms with van der Waals surface area (Å²) in [7, 11) is 0. The Hall–Kier alpha value is -4.92. The maximum atomic E-state index is 13.5. The van der Waals surface area contributed by atoms with Crippen molar-refractivity contribution in [2.75, 3.05) is 0 Å². The zero-order valence-corrected chi connectivity index (χ0v) is 20.4. The van der Waals surface area contributed by atoms with Gasteiger partial charge in [0, 0.05) is 11.9 Å². The highest BCUT2D eigenvalue weighted by Crippen LogP contribution is 2.31. The Morgan fingerprint density at radius 2 is 1.59 bits per heavy atom. The molecule has 0 fully saturated rings. The minimum atomic E-state index is -4.47. The van der Waals surface area contributed by atoms with Crippen LogP contribution >= 0.6 is 0 Å². The number of aromatic carboxylic acids is 1. The number of carbonyl (C=O) groups excluding carboxylic acids is 1. The number of halogens is 3. The van der Waals surface area contributed by atoms with Crippen molar-refractivity contribution in [1.82, 2.24) is 15.1 Å². The van der Waals surface area contributed by atoms with Gasteiger partial charge in [-0.3, -0.25) is 9.48 Å². The van der Waals surface area contributed by atoms with Crippen LogP contribution in [0.25, 0.3) is 22.0 Å². The van der Waals surface area contributed by atoms with E-state index in [1.165, 1.54) is 22.9 Å². The Labute approximate surface area is 221 Å². The first-order chi connectivity index (χ1) is 18.7. The molecule has 0 aliphatic carbocycles. The number of carboxylic acids is 1. The summed E-state index contributed by atoms with van der Waals surface area (Å²) in [5, 5.41) is 17.0. The van der Waals surface area contributed by atoms with Crippen molar-refractivity contribution in [3.63, 3.8) is 0 Å². The van der Waals surface area contributed by atoms with Crippen molar-refractivity contribution in [3.8, 4) is 11.1 Å². The quantitative estimate of drug-likeness (QED) is 0.256. The van der Waals surface area contributed by atoms with Crippen molar-refractivity contribution in [1.29, 1.82) is 0 Å². The topological polar surface area (TPSA) is 84.2 Å². The molecule has 0 unspecified atom stereocenters. The van der Waals surface area contributed by atoms with E-state index in [1.54, 1.807) is 30.5 Å². The highest BCUT2D eigenvalue weighted by Gasteiger charge is 2.30. The first kappa shape index (κ1) is 25.7. The molecule has 0 bridgehead atoms. The van der Waals surface area contributed by atoms with Crippen molar-refractivity contribution >= 4 is 22.8 Å². The molecule has 2 N–H and O–H groups in total. The molecular formula is C30H22F3N3O3. The second-order valence-corrected chi connectivity index (χ2v) is 9.01. The molecule has 0 atom stereocenters. The number of carboxylic acid groups (broad SMARTS) is 1. The van der Waals surface area contributed by atoms with Gasteiger partial charge in [-0.1, -0.05) is 54.6 Å². The van der Waals surface area contributed by atoms with Crippen LogP contribution in [-0.4, -0.2) is 26.8 Å². The Kier molecular flexibility index (Phi) is 6.89. The monoisotopic (exact) mass is 529 g/mol. The normalized spacial score (nSPS) is 11.5. The number of carbonyl (C=O) groups is 2. The minimum Gasteiger partial charge on any atom is -0.478 e. The predicted octanol–water partition coefficient (Wildman–Crippen LogP) is 6.40. The van der Waals surface area contributed by atoms with Gasteiger partial charge in [-0.25, -0.2) is 4.79 Å². The van der Waals surface area contributed by atoms with Crippen molar-refractivity contribution in [2.24, 2.45) is 0 Å². The number of benzene rings is 4. The molecular weight excluding hydrogens is 507 g/mol. The van der Waals surface area contributed by atoms with E-state index < -0.39 is 23.6 Å². The lowest BCUT2D eigenvalue weighted by atomic mass is 9.99. The van der Waals surface area contributed by atoms with E-state index in [0.29, 0.717) is 27.6 Å². The molecule has 0 saturated heterocycles. The Morgan fingerprint density at radius 3 is 2.28 bits per heavy atom. The molecule has 1 aromatic heterocycles. The maximum Gasteiger partial charge on any atom is 0.416 e. The first-order valence-corrected chi connectivity index (χ1v) is 12.0. The Morgan fingerprint density at radius 1 is 0.846 bits per heavy atom. The fraction of sp³-hybridized carbons (Fsp3) is 0.100. The SMILES string of the molecule is O=C(O)c1ccc(CNC(=O)c2cc(-c3ccccc3)cc3cnn(Cc4cccc(C(F)(F)F)c4)c23)cc1. The highest BCUT2D eigenvalue weighted by atomic mass is 19.4. The number of alkyl halides is 3. The maximum absolute atomic E-state index is 13.5. The van der Waals surface area contributed by atoms with E-state index in [2.05, 4.69) is 10.4 Å². The third kappa shape index (κ3) is 5.67. The van der Waals surface area contributed by atoms with Crippen LogP contribution in [0.3, 0.4) is 0 Å². The fourth-order valence-corrected chi connectivity index (χ4v) is 4.38. The van der Waals surface area contributed by atoms with E-state index in [1.807, 2.05) is 36.4 Å². The fourth-order valence-electron chi connectivity index (χ4n) is 4.38. The Balaban J connectivity index is 1.51. The van der Waals surface area contributed by atoms with E-state index in [9.17, 15) is 22.8 Å². The van der Waals surface area contributed by atoms with Gasteiger partial charge in [-0.05, 0) is 58.7 Å². The molecule has 1 heterocycles. The van der Waals surface area contributed by atoms with Gasteiger partial charge in [0.15, 0.2) is 0 Å². The van der Waals surface area contributed by atoms with Gasteiger partial charge in [-0.15, -0.1) is 0 Å². The largest absolute Gasteiger partial charge is 0.478 e. The lowest BCUT2D eigenvalue weighted by Crippen LogP contribution is -2.24. The van der Waals surface area contributed by atoms with Gasteiger partial charge < -0.3 is 10.4 Å². The number of hydrogen-bond donors (Lipinski definition) is 2. The van der Waals surface area contributed by atoms with Gasteiger partial charge in [0.05, 0.1) is 34.9 Å². The number of amides is 1. The molecule has 0 radical (unpaired) electrons. The van der Waals surface area contributed by atoms with Crippen molar-refractivity contribution in [2.45, 2.75) is 19.3 Å². The summed E-state index contributed by atoms with van der Waals surface area (Å²) in [6.07, 6.45) is -2.88. The number of nitrogens with zero attached hydrogens (tertiary/aromatic N) is 2. The second kappa shape index (κ2) is 10.4. The third-order valence-electron chi connectivity index (χ3n) is 6.33. The second-order valence-electron chi connectivity index (χ2n) is 9.01. The molecule has 0 aliphatic rings. The average Bonchev–Trinajstić information content (AvgIpc) is 3.34. The molecule has 4 aromatic carbocycles. The van der Waals surface area contributed by atoms with Gasteiger partial charge in [0.2, 0.25) is 0 Å². The number of hydrogen-bond acceptors (Lipinski definition) is 3. The van der Waals surface area contributed by atoms with Crippen molar-refractivity contribution in [3.05, 3.63) is 125 Å². The number of fused-ring (bicyclic) bond motifs is 1. The van der Waals surface area contributed by atoms with Crippen LogP contribution in [0.2, 0.25) is 0 Å². The third-order valence-corrected chi connectivity index (χ3v) is 6.33. The van der Waals surface area contributed by atoms with Crippen LogP contribution < -0.4 is 5.32 Å². The standard InChI is InChI=1S/C30H22F3N3O3/c31-30(32,33)25-8-4-5-20(13-25)18-36-27-24(17-35-36)14-23(21-6-2-1-3-7-21)15-26(27)28(37)34-16-19-9-11-22(12-10-19)29(38)39/h1-15,17H,16,18H2,(H,34,37)(H,38,39). The number of nitrogens with one attached hydrogen (secondary N) is 1. The minimum absolute atomic E-state index is 0.0367. The van der Waals surface area contributed by atoms with Crippen LogP contribution in [0.4, 0.5) is 13.2 Å². The molecule has 5 rings (SSSR count). The molecule has 6 nitrogen and oxygen atoms in total. The van der Waals surface area contributed by atoms with E-state index in [0.717, 1.165) is 23.3 Å². The summed E-state index contributed by atoms with van der Waals surface area (Å²) in [5.41, 5.74) is 2.98. The number of rotatable bonds is 7. The molecule has 9 heteroatoms. The highest BCUT2D eigenvalue weighted by molar-refractivity contribution is 6.07. The molecule has 0 saturated carbocycles. The molecule has 39 heavy (non-hydrogen) atoms. The molecule has 0 aliphatic heterocycles. The van der Waals surface area contributed by atoms with Gasteiger partial charge in [0.25, 0.3) is 5.91 Å². The first-order valence-electron chi connectivity index (χ1n) is 12.0. The zero-order chi connectivity index (χ0) is 27.6. The van der Waals surface area contributed by atoms with Gasteiger partial charge in [0.1, 0.15) is 0 Å². The van der Waals surface area contributed by atoms with E-state index in [4.69, 9.17) is 5.11 Å². The van der Waals surface area contributed by atoms with Crippen LogP contribution in [-0.2, 0) is 19.3 Å². The summed E-state index contributed by atoms with van der Waals surface area (Å²) in [5.74, 6) is -1.44. The van der Waals surface area contributed by atoms with Crippen LogP contribution in [0.1, 0.15) is 37.4 Å². The zero-order valence-electron chi connectivity index (χ0n) is 20.4. The summed E-state index contributed by atoms with van der Waals surface area (Å²) in [6.45, 7) is 0.187. The van der Waals surface area contributed by atoms with E-state index >= 15 is 0 Å². The van der Waals surface area contributed by atoms with Gasteiger partial charge >= 0.3 is 12.1 Å². The summed E-state index contributed by atoms with van der Waals surface area (Å²) >= 11 is 0. The van der Waals surface area contributed by atoms with Crippen LogP contribution in [0.15, 0.2) is 97.2 Å². The summed E-state index contributed by atoms with van der Waals surface area (Å²) < 4.78 is 41.3. The molecule has 1 amide bonds. The van der Waals surface area contributed by atoms with Crippen LogP contribution in [0, 0.1) is 0 Å². The van der Waals surface area contributed by atoms with Gasteiger partial charge in [-0.2, -0.15) is 18.3 Å². The predicted molar refractivity (Wildman–Crippen MR) is 140 cm³/mol. The van der Waals surface area contributed by atoms with Crippen LogP contribution in [0.5, 0.6) is 0 Å². The van der Waals surface area contributed by atoms with E-state index in [-0.39, 0.29) is 18.7 Å². The van der Waals surface area contributed by atoms with Crippen molar-refractivity contribution < 1.29 is 27.9 Å².